The highest BCUT2D eigenvalue weighted by Crippen LogP contribution is 2.19. The largest absolute Gasteiger partial charge is 0.490 e. The van der Waals surface area contributed by atoms with E-state index in [0.29, 0.717) is 13.2 Å². The van der Waals surface area contributed by atoms with E-state index in [1.807, 2.05) is 49.4 Å². The monoisotopic (exact) mass is 257 g/mol. The second-order valence-corrected chi connectivity index (χ2v) is 4.53. The van der Waals surface area contributed by atoms with Gasteiger partial charge in [-0.05, 0) is 37.6 Å². The molecule has 2 rings (SSSR count). The molecule has 2 N–H and O–H groups in total. The Balaban J connectivity index is 1.77. The summed E-state index contributed by atoms with van der Waals surface area (Å²) in [5, 5.41) is 0. The third kappa shape index (κ3) is 3.91. The molecule has 0 aliphatic heterocycles. The smallest absolute Gasteiger partial charge is 0.122 e. The number of aryl methyl sites for hydroxylation is 2. The molecular weight excluding hydrogens is 238 g/mol. The summed E-state index contributed by atoms with van der Waals surface area (Å²) in [6, 6.07) is 13.7. The topological polar surface area (TPSA) is 44.5 Å². The first-order valence-corrected chi connectivity index (χ1v) is 6.33. The Bertz CT molecular complexity index is 535. The van der Waals surface area contributed by atoms with E-state index < -0.39 is 0 Å². The maximum atomic E-state index is 5.82. The summed E-state index contributed by atoms with van der Waals surface area (Å²) >= 11 is 0. The van der Waals surface area contributed by atoms with Gasteiger partial charge in [-0.2, -0.15) is 0 Å². The van der Waals surface area contributed by atoms with Gasteiger partial charge in [-0.1, -0.05) is 23.8 Å². The molecule has 3 nitrogen and oxygen atoms in total. The van der Waals surface area contributed by atoms with Gasteiger partial charge in [0, 0.05) is 11.8 Å². The first kappa shape index (κ1) is 13.3. The van der Waals surface area contributed by atoms with Gasteiger partial charge in [-0.25, -0.2) is 0 Å². The summed E-state index contributed by atoms with van der Waals surface area (Å²) in [6.07, 6.45) is 0. The molecular formula is C16H19NO2. The fourth-order valence-corrected chi connectivity index (χ4v) is 1.66. The van der Waals surface area contributed by atoms with E-state index in [1.54, 1.807) is 0 Å². The molecule has 0 aromatic heterocycles. The molecule has 19 heavy (non-hydrogen) atoms. The van der Waals surface area contributed by atoms with Gasteiger partial charge in [-0.3, -0.25) is 0 Å². The molecule has 0 atom stereocenters. The summed E-state index contributed by atoms with van der Waals surface area (Å²) in [7, 11) is 0. The minimum Gasteiger partial charge on any atom is -0.490 e. The number of rotatable bonds is 5. The molecule has 100 valence electrons. The quantitative estimate of drug-likeness (QED) is 0.660. The molecule has 0 saturated carbocycles. The Kier molecular flexibility index (Phi) is 4.29. The maximum Gasteiger partial charge on any atom is 0.122 e. The summed E-state index contributed by atoms with van der Waals surface area (Å²) in [5.41, 5.74) is 8.85. The van der Waals surface area contributed by atoms with Crippen LogP contribution in [0.2, 0.25) is 0 Å². The molecule has 2 aromatic rings. The van der Waals surface area contributed by atoms with Gasteiger partial charge in [0.15, 0.2) is 0 Å². The van der Waals surface area contributed by atoms with Crippen LogP contribution in [0, 0.1) is 13.8 Å². The number of ether oxygens (including phenoxy) is 2. The standard InChI is InChI=1S/C16H19NO2/c1-12-3-6-14(7-4-12)18-9-10-19-15-8-5-13(2)16(17)11-15/h3-8,11H,9-10,17H2,1-2H3. The van der Waals surface area contributed by atoms with Crippen molar-refractivity contribution in [1.29, 1.82) is 0 Å². The predicted molar refractivity (Wildman–Crippen MR) is 77.8 cm³/mol. The lowest BCUT2D eigenvalue weighted by atomic mass is 10.2. The number of benzene rings is 2. The molecule has 0 fully saturated rings. The molecule has 2 aromatic carbocycles. The van der Waals surface area contributed by atoms with E-state index in [1.165, 1.54) is 5.56 Å². The van der Waals surface area contributed by atoms with E-state index in [-0.39, 0.29) is 0 Å². The normalized spacial score (nSPS) is 10.2. The minimum atomic E-state index is 0.496. The average molecular weight is 257 g/mol. The summed E-state index contributed by atoms with van der Waals surface area (Å²) in [6.45, 7) is 5.03. The van der Waals surface area contributed by atoms with E-state index >= 15 is 0 Å². The highest BCUT2D eigenvalue weighted by Gasteiger charge is 1.98. The zero-order valence-electron chi connectivity index (χ0n) is 11.3. The van der Waals surface area contributed by atoms with Crippen LogP contribution >= 0.6 is 0 Å². The number of hydrogen-bond acceptors (Lipinski definition) is 3. The molecule has 0 heterocycles. The maximum absolute atomic E-state index is 5.82. The van der Waals surface area contributed by atoms with Crippen LogP contribution in [0.15, 0.2) is 42.5 Å². The second-order valence-electron chi connectivity index (χ2n) is 4.53. The van der Waals surface area contributed by atoms with Crippen LogP contribution in [-0.2, 0) is 0 Å². The van der Waals surface area contributed by atoms with Crippen molar-refractivity contribution in [2.75, 3.05) is 18.9 Å². The summed E-state index contributed by atoms with van der Waals surface area (Å²) in [5.74, 6) is 1.63. The van der Waals surface area contributed by atoms with Gasteiger partial charge in [-0.15, -0.1) is 0 Å². The Morgan fingerprint density at radius 1 is 0.842 bits per heavy atom. The van der Waals surface area contributed by atoms with Crippen molar-refractivity contribution >= 4 is 5.69 Å². The molecule has 0 saturated heterocycles. The first-order valence-electron chi connectivity index (χ1n) is 6.33. The average Bonchev–Trinajstić information content (AvgIpc) is 2.41. The highest BCUT2D eigenvalue weighted by molar-refractivity contribution is 5.50. The van der Waals surface area contributed by atoms with E-state index in [4.69, 9.17) is 15.2 Å². The van der Waals surface area contributed by atoms with Gasteiger partial charge in [0.25, 0.3) is 0 Å². The first-order chi connectivity index (χ1) is 9.15. The van der Waals surface area contributed by atoms with E-state index in [2.05, 4.69) is 6.92 Å². The zero-order chi connectivity index (χ0) is 13.7. The molecule has 0 amide bonds. The van der Waals surface area contributed by atoms with Crippen LogP contribution in [0.25, 0.3) is 0 Å². The van der Waals surface area contributed by atoms with Gasteiger partial charge < -0.3 is 15.2 Å². The fraction of sp³-hybridized carbons (Fsp3) is 0.250. The van der Waals surface area contributed by atoms with Crippen molar-refractivity contribution in [3.05, 3.63) is 53.6 Å². The van der Waals surface area contributed by atoms with Gasteiger partial charge in [0.05, 0.1) is 0 Å². The SMILES string of the molecule is Cc1ccc(OCCOc2ccc(C)c(N)c2)cc1. The molecule has 0 unspecified atom stereocenters. The third-order valence-corrected chi connectivity index (χ3v) is 2.89. The molecule has 0 aliphatic carbocycles. The Morgan fingerprint density at radius 3 is 2.05 bits per heavy atom. The van der Waals surface area contributed by atoms with Crippen LogP contribution in [0.3, 0.4) is 0 Å². The van der Waals surface area contributed by atoms with Gasteiger partial charge in [0.2, 0.25) is 0 Å². The van der Waals surface area contributed by atoms with Crippen molar-refractivity contribution in [1.82, 2.24) is 0 Å². The number of nitrogens with two attached hydrogens (primary N) is 1. The fourth-order valence-electron chi connectivity index (χ4n) is 1.66. The van der Waals surface area contributed by atoms with Gasteiger partial charge >= 0.3 is 0 Å². The Hall–Kier alpha value is -2.16. The third-order valence-electron chi connectivity index (χ3n) is 2.89. The van der Waals surface area contributed by atoms with Crippen molar-refractivity contribution in [3.8, 4) is 11.5 Å². The van der Waals surface area contributed by atoms with Crippen LogP contribution in [0.4, 0.5) is 5.69 Å². The van der Waals surface area contributed by atoms with Crippen LogP contribution in [0.5, 0.6) is 11.5 Å². The van der Waals surface area contributed by atoms with Crippen molar-refractivity contribution < 1.29 is 9.47 Å². The lowest BCUT2D eigenvalue weighted by Gasteiger charge is -2.09. The molecule has 0 radical (unpaired) electrons. The lowest BCUT2D eigenvalue weighted by Crippen LogP contribution is -2.09. The van der Waals surface area contributed by atoms with Crippen molar-refractivity contribution in [2.45, 2.75) is 13.8 Å². The van der Waals surface area contributed by atoms with Crippen LogP contribution in [0.1, 0.15) is 11.1 Å². The van der Waals surface area contributed by atoms with Crippen molar-refractivity contribution in [2.24, 2.45) is 0 Å². The predicted octanol–water partition coefficient (Wildman–Crippen LogP) is 3.34. The molecule has 3 heteroatoms. The summed E-state index contributed by atoms with van der Waals surface area (Å²) in [4.78, 5) is 0. The van der Waals surface area contributed by atoms with E-state index in [9.17, 15) is 0 Å². The lowest BCUT2D eigenvalue weighted by molar-refractivity contribution is 0.217. The number of hydrogen-bond donors (Lipinski definition) is 1. The van der Waals surface area contributed by atoms with Crippen LogP contribution < -0.4 is 15.2 Å². The minimum absolute atomic E-state index is 0.496. The summed E-state index contributed by atoms with van der Waals surface area (Å²) < 4.78 is 11.2. The number of nitrogen functional groups attached to an aromatic ring is 1. The van der Waals surface area contributed by atoms with Crippen molar-refractivity contribution in [3.63, 3.8) is 0 Å². The molecule has 0 spiro atoms. The Morgan fingerprint density at radius 2 is 1.42 bits per heavy atom. The van der Waals surface area contributed by atoms with Crippen LogP contribution in [-0.4, -0.2) is 13.2 Å². The molecule has 0 aliphatic rings. The zero-order valence-corrected chi connectivity index (χ0v) is 11.3. The van der Waals surface area contributed by atoms with Gasteiger partial charge in [0.1, 0.15) is 24.7 Å². The molecule has 0 bridgehead atoms. The second kappa shape index (κ2) is 6.14. The Labute approximate surface area is 114 Å². The number of anilines is 1. The van der Waals surface area contributed by atoms with E-state index in [0.717, 1.165) is 22.7 Å². The highest BCUT2D eigenvalue weighted by atomic mass is 16.5.